The highest BCUT2D eigenvalue weighted by Gasteiger charge is 2.30. The SMILES string of the molecule is C=C(CN(N)/N=C(\N)C(Cc1cc(CC)c2n[nH]c(C)c2c1)NC(=C)N1CCC(N2Cc3ccccc3NC2=C)CC1)c1ccccc1. The van der Waals surface area contributed by atoms with Crippen molar-refractivity contribution in [2.75, 3.05) is 25.0 Å². The Kier molecular flexibility index (Phi) is 9.72. The number of piperidine rings is 1. The van der Waals surface area contributed by atoms with Crippen molar-refractivity contribution >= 4 is 28.0 Å². The van der Waals surface area contributed by atoms with Crippen LogP contribution in [0.25, 0.3) is 16.5 Å². The topological polar surface area (TPSA) is 127 Å². The van der Waals surface area contributed by atoms with Gasteiger partial charge in [0.2, 0.25) is 0 Å². The number of amidine groups is 1. The van der Waals surface area contributed by atoms with Crippen molar-refractivity contribution in [2.45, 2.75) is 58.2 Å². The summed E-state index contributed by atoms with van der Waals surface area (Å²) in [5.74, 6) is 8.56. The molecule has 0 bridgehead atoms. The van der Waals surface area contributed by atoms with Gasteiger partial charge in [0.25, 0.3) is 0 Å². The molecule has 0 amide bonds. The fourth-order valence-electron chi connectivity index (χ4n) is 6.82. The minimum atomic E-state index is -0.344. The van der Waals surface area contributed by atoms with Crippen LogP contribution in [0.4, 0.5) is 5.69 Å². The number of aryl methyl sites for hydroxylation is 2. The van der Waals surface area contributed by atoms with Crippen LogP contribution in [0.5, 0.6) is 0 Å². The van der Waals surface area contributed by atoms with Gasteiger partial charge >= 0.3 is 0 Å². The summed E-state index contributed by atoms with van der Waals surface area (Å²) >= 11 is 0. The van der Waals surface area contributed by atoms with Crippen LogP contribution in [0.1, 0.15) is 47.7 Å². The first-order valence-corrected chi connectivity index (χ1v) is 16.8. The average molecular weight is 645 g/mol. The van der Waals surface area contributed by atoms with E-state index >= 15 is 0 Å². The lowest BCUT2D eigenvalue weighted by Crippen LogP contribution is -2.51. The molecule has 1 atom stereocenters. The van der Waals surface area contributed by atoms with Gasteiger partial charge in [-0.3, -0.25) is 5.10 Å². The summed E-state index contributed by atoms with van der Waals surface area (Å²) < 4.78 is 0. The van der Waals surface area contributed by atoms with E-state index in [0.717, 1.165) is 89.5 Å². The van der Waals surface area contributed by atoms with E-state index in [2.05, 4.69) is 106 Å². The van der Waals surface area contributed by atoms with Crippen molar-refractivity contribution in [3.05, 3.63) is 126 Å². The normalized spacial score (nSPS) is 16.0. The number of aromatic amines is 1. The Hall–Kier alpha value is -5.22. The maximum Gasteiger partial charge on any atom is 0.144 e. The van der Waals surface area contributed by atoms with Gasteiger partial charge in [0.15, 0.2) is 0 Å². The predicted molar refractivity (Wildman–Crippen MR) is 197 cm³/mol. The summed E-state index contributed by atoms with van der Waals surface area (Å²) in [4.78, 5) is 4.71. The van der Waals surface area contributed by atoms with Crippen LogP contribution >= 0.6 is 0 Å². The molecule has 250 valence electrons. The Morgan fingerprint density at radius 1 is 1.10 bits per heavy atom. The molecule has 3 heterocycles. The molecule has 1 fully saturated rings. The number of H-pyrrole nitrogens is 1. The minimum absolute atomic E-state index is 0.340. The molecule has 7 N–H and O–H groups in total. The first-order valence-electron chi connectivity index (χ1n) is 16.8. The van der Waals surface area contributed by atoms with E-state index in [1.165, 1.54) is 16.2 Å². The highest BCUT2D eigenvalue weighted by molar-refractivity contribution is 5.88. The summed E-state index contributed by atoms with van der Waals surface area (Å²) in [6.07, 6.45) is 3.46. The lowest BCUT2D eigenvalue weighted by molar-refractivity contribution is 0.143. The van der Waals surface area contributed by atoms with E-state index in [-0.39, 0.29) is 6.04 Å². The van der Waals surface area contributed by atoms with Gasteiger partial charge in [-0.25, -0.2) is 11.0 Å². The quantitative estimate of drug-likeness (QED) is 0.0598. The zero-order valence-electron chi connectivity index (χ0n) is 28.2. The Balaban J connectivity index is 1.16. The molecule has 2 aliphatic heterocycles. The van der Waals surface area contributed by atoms with E-state index in [4.69, 9.17) is 11.6 Å². The van der Waals surface area contributed by atoms with E-state index in [9.17, 15) is 0 Å². The maximum absolute atomic E-state index is 6.76. The molecule has 1 unspecified atom stereocenters. The van der Waals surface area contributed by atoms with Gasteiger partial charge in [0.05, 0.1) is 29.7 Å². The molecular formula is C38H48N10. The summed E-state index contributed by atoms with van der Waals surface area (Å²) in [6, 6.07) is 22.9. The fourth-order valence-corrected chi connectivity index (χ4v) is 6.82. The monoisotopic (exact) mass is 644 g/mol. The minimum Gasteiger partial charge on any atom is -0.384 e. The summed E-state index contributed by atoms with van der Waals surface area (Å²) in [5.41, 5.74) is 15.5. The molecule has 1 saturated heterocycles. The van der Waals surface area contributed by atoms with Gasteiger partial charge in [-0.1, -0.05) is 81.3 Å². The van der Waals surface area contributed by atoms with Crippen molar-refractivity contribution < 1.29 is 0 Å². The van der Waals surface area contributed by atoms with Crippen LogP contribution < -0.4 is 22.2 Å². The number of para-hydroxylation sites is 1. The number of hydrazine groups is 1. The smallest absolute Gasteiger partial charge is 0.144 e. The third-order valence-corrected chi connectivity index (χ3v) is 9.56. The number of benzene rings is 3. The molecule has 10 heteroatoms. The van der Waals surface area contributed by atoms with Crippen molar-refractivity contribution in [1.29, 1.82) is 0 Å². The highest BCUT2D eigenvalue weighted by Crippen LogP contribution is 2.31. The highest BCUT2D eigenvalue weighted by atomic mass is 15.6. The molecule has 0 aliphatic carbocycles. The van der Waals surface area contributed by atoms with Crippen LogP contribution in [0.15, 0.2) is 103 Å². The van der Waals surface area contributed by atoms with Gasteiger partial charge in [0, 0.05) is 42.4 Å². The number of nitrogens with zero attached hydrogens (tertiary/aromatic N) is 5. The van der Waals surface area contributed by atoms with Crippen molar-refractivity contribution in [2.24, 2.45) is 16.7 Å². The number of rotatable bonds is 12. The summed E-state index contributed by atoms with van der Waals surface area (Å²) in [5, 5.41) is 21.9. The number of likely N-dealkylation sites (tertiary alicyclic amines) is 1. The summed E-state index contributed by atoms with van der Waals surface area (Å²) in [6.45, 7) is 20.2. The maximum atomic E-state index is 6.76. The third kappa shape index (κ3) is 7.18. The number of hydrogen-bond acceptors (Lipinski definition) is 8. The second-order valence-corrected chi connectivity index (χ2v) is 12.9. The second-order valence-electron chi connectivity index (χ2n) is 12.9. The van der Waals surface area contributed by atoms with E-state index in [1.54, 1.807) is 0 Å². The lowest BCUT2D eigenvalue weighted by atomic mass is 9.98. The van der Waals surface area contributed by atoms with Crippen LogP contribution in [-0.4, -0.2) is 62.7 Å². The molecule has 6 rings (SSSR count). The Morgan fingerprint density at radius 2 is 1.83 bits per heavy atom. The molecule has 1 aromatic heterocycles. The van der Waals surface area contributed by atoms with Gasteiger partial charge in [-0.05, 0) is 72.6 Å². The lowest BCUT2D eigenvalue weighted by Gasteiger charge is -2.44. The second kappa shape index (κ2) is 14.3. The van der Waals surface area contributed by atoms with Gasteiger partial charge in [0.1, 0.15) is 5.84 Å². The summed E-state index contributed by atoms with van der Waals surface area (Å²) in [7, 11) is 0. The standard InChI is InChI=1S/C38H48N10/c1-6-30-20-29(21-34-26(3)43-44-37(30)34)22-36(38(39)45-48(40)23-25(2)31-12-8-7-9-13-31)41-27(4)46-18-16-33(17-19-46)47-24-32-14-10-11-15-35(32)42-28(47)5/h7-15,20-21,33,36,41-42H,2,4-6,16-19,22-24,40H2,1,3H3,(H2,39,45)(H,43,44). The Bertz CT molecular complexity index is 1820. The Labute approximate surface area is 283 Å². The van der Waals surface area contributed by atoms with Gasteiger partial charge in [-0.2, -0.15) is 5.10 Å². The van der Waals surface area contributed by atoms with Crippen molar-refractivity contribution in [3.63, 3.8) is 0 Å². The van der Waals surface area contributed by atoms with Crippen LogP contribution in [0, 0.1) is 6.92 Å². The molecule has 0 saturated carbocycles. The number of fused-ring (bicyclic) bond motifs is 2. The predicted octanol–water partition coefficient (Wildman–Crippen LogP) is 5.43. The Morgan fingerprint density at radius 3 is 2.58 bits per heavy atom. The number of aromatic nitrogens is 2. The largest absolute Gasteiger partial charge is 0.384 e. The number of nitrogens with two attached hydrogens (primary N) is 2. The molecule has 0 radical (unpaired) electrons. The molecular weight excluding hydrogens is 596 g/mol. The molecule has 48 heavy (non-hydrogen) atoms. The van der Waals surface area contributed by atoms with Crippen LogP contribution in [0.3, 0.4) is 0 Å². The molecule has 0 spiro atoms. The zero-order chi connectivity index (χ0) is 33.8. The average Bonchev–Trinajstić information content (AvgIpc) is 3.47. The van der Waals surface area contributed by atoms with Crippen LogP contribution in [-0.2, 0) is 19.4 Å². The molecule has 2 aliphatic rings. The first kappa shape index (κ1) is 32.7. The van der Waals surface area contributed by atoms with E-state index in [1.807, 2.05) is 30.3 Å². The number of nitrogens with one attached hydrogen (secondary N) is 3. The number of hydrazone groups is 1. The molecule has 10 nitrogen and oxygen atoms in total. The first-order chi connectivity index (χ1) is 23.2. The number of anilines is 1. The molecule has 3 aromatic carbocycles. The number of hydrogen-bond donors (Lipinski definition) is 5. The van der Waals surface area contributed by atoms with Gasteiger partial charge in [-0.15, -0.1) is 5.10 Å². The van der Waals surface area contributed by atoms with Gasteiger partial charge < -0.3 is 26.2 Å². The molecule has 4 aromatic rings. The van der Waals surface area contributed by atoms with Crippen molar-refractivity contribution in [1.82, 2.24) is 30.4 Å². The van der Waals surface area contributed by atoms with E-state index < -0.39 is 0 Å². The fraction of sp³-hybridized carbons (Fsp3) is 0.316. The van der Waals surface area contributed by atoms with Crippen LogP contribution in [0.2, 0.25) is 0 Å². The van der Waals surface area contributed by atoms with Crippen molar-refractivity contribution in [3.8, 4) is 0 Å². The zero-order valence-corrected chi connectivity index (χ0v) is 28.2. The van der Waals surface area contributed by atoms with E-state index in [0.29, 0.717) is 24.8 Å². The third-order valence-electron chi connectivity index (χ3n) is 9.56.